The molecule has 0 aromatic carbocycles. The summed E-state index contributed by atoms with van der Waals surface area (Å²) in [7, 11) is -5.39. The van der Waals surface area contributed by atoms with Crippen LogP contribution in [-0.2, 0) is 4.57 Å². The molecule has 0 spiro atoms. The largest absolute Gasteiger partial charge is 2.00 e. The Morgan fingerprint density at radius 3 is 1.12 bits per heavy atom. The first kappa shape index (κ1) is 42.7. The molecule has 0 aromatic heterocycles. The van der Waals surface area contributed by atoms with E-state index in [1.54, 1.807) is 0 Å². The predicted molar refractivity (Wildman–Crippen MR) is 46.5 cm³/mol. The summed E-state index contributed by atoms with van der Waals surface area (Å²) in [6.45, 7) is -0.729. The molecule has 0 radical (unpaired) electrons. The molecule has 0 aliphatic heterocycles. The van der Waals surface area contributed by atoms with Gasteiger partial charge >= 0.3 is 105 Å². The molecule has 0 saturated carbocycles. The second kappa shape index (κ2) is 26.9. The van der Waals surface area contributed by atoms with E-state index in [0.29, 0.717) is 0 Å². The third-order valence-corrected chi connectivity index (χ3v) is 0.421. The number of hydrogen-bond donors (Lipinski definition) is 3. The molecule has 7 N–H and O–H groups in total. The molecule has 0 amide bonds. The first-order valence-electron chi connectivity index (χ1n) is 2.44. The molecule has 86 valence electrons. The minimum absolute atomic E-state index is 0. The maximum Gasteiger partial charge on any atom is 2.00 e. The van der Waals surface area contributed by atoms with E-state index in [-0.39, 0.29) is 129 Å². The van der Waals surface area contributed by atoms with Crippen molar-refractivity contribution in [1.29, 1.82) is 0 Å². The summed E-state index contributed by atoms with van der Waals surface area (Å²) in [5.74, 6) is 0. The molecule has 0 aliphatic rings. The summed E-state index contributed by atoms with van der Waals surface area (Å²) >= 11 is 0. The Morgan fingerprint density at radius 1 is 1.00 bits per heavy atom. The molecule has 0 unspecified atom stereocenters. The summed E-state index contributed by atoms with van der Waals surface area (Å²) in [6, 6.07) is 0. The van der Waals surface area contributed by atoms with Crippen molar-refractivity contribution in [2.24, 2.45) is 0 Å². The molecule has 0 rings (SSSR count). The Kier molecular flexibility index (Phi) is 71.8. The normalized spacial score (nSPS) is 7.44. The van der Waals surface area contributed by atoms with E-state index in [4.69, 9.17) is 34.6 Å². The van der Waals surface area contributed by atoms with Gasteiger partial charge in [0, 0.05) is 0 Å². The third kappa shape index (κ3) is 85.2. The minimum Gasteiger partial charge on any atom is -0.822 e. The molecule has 0 saturated heterocycles. The van der Waals surface area contributed by atoms with Crippen LogP contribution >= 0.6 is 7.82 Å². The molecule has 0 aromatic rings. The summed E-state index contributed by atoms with van der Waals surface area (Å²) in [6.07, 6.45) is -0.954. The Labute approximate surface area is 174 Å². The number of aliphatic hydroxyl groups excluding tert-OH is 3. The predicted octanol–water partition coefficient (Wildman–Crippen LogP) is -9.90. The van der Waals surface area contributed by atoms with Crippen molar-refractivity contribution in [3.63, 3.8) is 0 Å². The quantitative estimate of drug-likeness (QED) is 0.329. The van der Waals surface area contributed by atoms with E-state index in [2.05, 4.69) is 0 Å². The van der Waals surface area contributed by atoms with Gasteiger partial charge in [-0.1, -0.05) is 0 Å². The molecule has 0 heterocycles. The van der Waals surface area contributed by atoms with Crippen LogP contribution in [0.2, 0.25) is 0 Å². The van der Waals surface area contributed by atoms with Gasteiger partial charge in [0.1, 0.15) is 6.10 Å². The van der Waals surface area contributed by atoms with Crippen LogP contribution < -0.4 is 44.2 Å². The molecule has 0 fully saturated rings. The Hall–Kier alpha value is 3.43. The van der Waals surface area contributed by atoms with Crippen LogP contribution in [0.25, 0.3) is 0 Å². The third-order valence-electron chi connectivity index (χ3n) is 0.421. The van der Waals surface area contributed by atoms with Gasteiger partial charge in [0.2, 0.25) is 0 Å². The van der Waals surface area contributed by atoms with Crippen LogP contribution in [0.5, 0.6) is 0 Å². The standard InChI is InChI=1S/C3H8O3.2Ca.Na.H3O4P.2H2O/c4-1-3(6)2-5;;;;1-5(2,3)4;;/h3-6H,1-2H2;;;;(H3,1,2,3,4);2*1H2/q;2*+2;+1;;;/p-3. The van der Waals surface area contributed by atoms with E-state index >= 15 is 0 Å². The van der Waals surface area contributed by atoms with E-state index in [9.17, 15) is 0 Å². The van der Waals surface area contributed by atoms with Crippen LogP contribution in [0, 0.1) is 0 Å². The van der Waals surface area contributed by atoms with Crippen LogP contribution in [0.3, 0.4) is 0 Å². The fourth-order valence-corrected chi connectivity index (χ4v) is 0.0577. The van der Waals surface area contributed by atoms with Gasteiger partial charge in [0.25, 0.3) is 0 Å². The van der Waals surface area contributed by atoms with Gasteiger partial charge in [-0.3, -0.25) is 0 Å². The number of hydrogen-bond acceptors (Lipinski definition) is 7. The molecule has 13 heteroatoms. The van der Waals surface area contributed by atoms with Crippen molar-refractivity contribution in [2.75, 3.05) is 13.2 Å². The maximum atomic E-state index is 8.55. The van der Waals surface area contributed by atoms with Crippen molar-refractivity contribution in [1.82, 2.24) is 0 Å². The Balaban J connectivity index is -0.0000000155. The van der Waals surface area contributed by atoms with Crippen LogP contribution in [0.15, 0.2) is 0 Å². The van der Waals surface area contributed by atoms with Gasteiger partial charge in [-0.2, -0.15) is 7.82 Å². The Bertz CT molecular complexity index is 122. The van der Waals surface area contributed by atoms with Crippen molar-refractivity contribution < 1.29 is 75.1 Å². The van der Waals surface area contributed by atoms with Gasteiger partial charge in [0.15, 0.2) is 0 Å². The molecular formula is C3H12Ca2NaO9P+2. The van der Waals surface area contributed by atoms with E-state index in [1.807, 2.05) is 0 Å². The molecule has 9 nitrogen and oxygen atoms in total. The minimum atomic E-state index is -5.39. The molecule has 0 bridgehead atoms. The van der Waals surface area contributed by atoms with E-state index in [0.717, 1.165) is 0 Å². The first-order valence-corrected chi connectivity index (χ1v) is 3.90. The summed E-state index contributed by atoms with van der Waals surface area (Å²) < 4.78 is 8.55. The molecule has 0 aliphatic carbocycles. The van der Waals surface area contributed by atoms with Gasteiger partial charge in [-0.15, -0.1) is 0 Å². The summed E-state index contributed by atoms with van der Waals surface area (Å²) in [5, 5.41) is 24.0. The van der Waals surface area contributed by atoms with Gasteiger partial charge < -0.3 is 45.5 Å². The van der Waals surface area contributed by atoms with Gasteiger partial charge in [0.05, 0.1) is 13.2 Å². The monoisotopic (exact) mass is 326 g/mol. The molecular weight excluding hydrogens is 314 g/mol. The second-order valence-electron chi connectivity index (χ2n) is 1.47. The van der Waals surface area contributed by atoms with Crippen molar-refractivity contribution in [3.05, 3.63) is 0 Å². The van der Waals surface area contributed by atoms with Crippen molar-refractivity contribution in [2.45, 2.75) is 6.10 Å². The van der Waals surface area contributed by atoms with E-state index in [1.165, 1.54) is 0 Å². The topological polar surface area (TPSA) is 210 Å². The van der Waals surface area contributed by atoms with Crippen molar-refractivity contribution in [3.8, 4) is 0 Å². The van der Waals surface area contributed by atoms with Gasteiger partial charge in [-0.25, -0.2) is 0 Å². The average Bonchev–Trinajstić information content (AvgIpc) is 1.83. The maximum absolute atomic E-state index is 8.55. The fourth-order valence-electron chi connectivity index (χ4n) is 0.0577. The zero-order valence-electron chi connectivity index (χ0n) is 8.83. The van der Waals surface area contributed by atoms with Crippen LogP contribution in [0.4, 0.5) is 0 Å². The molecule has 0 atom stereocenters. The molecule has 16 heavy (non-hydrogen) atoms. The van der Waals surface area contributed by atoms with Gasteiger partial charge in [-0.05, 0) is 0 Å². The zero-order chi connectivity index (χ0) is 9.49. The van der Waals surface area contributed by atoms with Crippen LogP contribution in [-0.4, -0.2) is 121 Å². The fraction of sp³-hybridized carbons (Fsp3) is 1.00. The number of aliphatic hydroxyl groups is 3. The van der Waals surface area contributed by atoms with Crippen molar-refractivity contribution >= 4 is 83.3 Å². The number of phosphoric acid groups is 1. The second-order valence-corrected chi connectivity index (χ2v) is 2.36. The van der Waals surface area contributed by atoms with E-state index < -0.39 is 13.9 Å². The summed E-state index contributed by atoms with van der Waals surface area (Å²) in [5.41, 5.74) is 0. The average molecular weight is 326 g/mol. The number of rotatable bonds is 2. The first-order chi connectivity index (χ1) is 4.81. The summed E-state index contributed by atoms with van der Waals surface area (Å²) in [4.78, 5) is 25.6. The smallest absolute Gasteiger partial charge is 0.822 e. The zero-order valence-corrected chi connectivity index (χ0v) is 16.1. The Morgan fingerprint density at radius 2 is 1.12 bits per heavy atom. The van der Waals surface area contributed by atoms with Crippen LogP contribution in [0.1, 0.15) is 0 Å². The SMILES string of the molecule is O.O.O=P([O-])([O-])[O-].OCC(O)CO.[Ca+2].[Ca+2].[Na+].